The Balaban J connectivity index is 1.67. The summed E-state index contributed by atoms with van der Waals surface area (Å²) in [7, 11) is 0. The Kier molecular flexibility index (Phi) is 8.83. The second-order valence-electron chi connectivity index (χ2n) is 11.5. The van der Waals surface area contributed by atoms with Gasteiger partial charge in [0, 0.05) is 13.3 Å². The van der Waals surface area contributed by atoms with Crippen LogP contribution < -0.4 is 0 Å². The lowest BCUT2D eigenvalue weighted by molar-refractivity contribution is -0.297. The molecule has 0 spiro atoms. The molecule has 0 bridgehead atoms. The fourth-order valence-electron chi connectivity index (χ4n) is 6.86. The average molecular weight is 443 g/mol. The zero-order valence-corrected chi connectivity index (χ0v) is 21.3. The third-order valence-electron chi connectivity index (χ3n) is 8.64. The fourth-order valence-corrected chi connectivity index (χ4v) is 6.86. The minimum absolute atomic E-state index is 0.0618. The van der Waals surface area contributed by atoms with E-state index in [1.165, 1.54) is 69.4 Å². The molecule has 0 aliphatic heterocycles. The van der Waals surface area contributed by atoms with Crippen molar-refractivity contribution in [1.82, 2.24) is 0 Å². The minimum atomic E-state index is -0.391. The molecule has 3 aliphatic rings. The Morgan fingerprint density at radius 3 is 2.66 bits per heavy atom. The topological polar surface area (TPSA) is 35.5 Å². The van der Waals surface area contributed by atoms with E-state index in [2.05, 4.69) is 46.4 Å². The summed E-state index contributed by atoms with van der Waals surface area (Å²) >= 11 is 0. The standard InChI is InChI=1S/C29H46O3/c1-20(2)9-7-10-22(4)27-16-17-28-24(11-8-18-29(27,28)6)13-14-25-19-26(15-12-21(25)3)32-31-23(5)30/h13-14,20,22,26-28H,3,7-12,15-19H2,1-2,4-6H3/b24-13+,25-14+/t22-,26+,27-,28+,29-/m1/s1. The monoisotopic (exact) mass is 442 g/mol. The molecule has 3 rings (SSSR count). The van der Waals surface area contributed by atoms with E-state index in [0.29, 0.717) is 5.41 Å². The molecule has 0 unspecified atom stereocenters. The number of carbonyl (C=O) groups is 1. The van der Waals surface area contributed by atoms with Crippen LogP contribution in [0, 0.1) is 29.1 Å². The van der Waals surface area contributed by atoms with E-state index in [4.69, 9.17) is 9.78 Å². The third kappa shape index (κ3) is 6.16. The van der Waals surface area contributed by atoms with Crippen molar-refractivity contribution < 1.29 is 14.6 Å². The highest BCUT2D eigenvalue weighted by Crippen LogP contribution is 2.60. The second-order valence-corrected chi connectivity index (χ2v) is 11.5. The Morgan fingerprint density at radius 2 is 1.94 bits per heavy atom. The van der Waals surface area contributed by atoms with Crippen LogP contribution in [0.25, 0.3) is 0 Å². The molecule has 0 radical (unpaired) electrons. The third-order valence-corrected chi connectivity index (χ3v) is 8.64. The van der Waals surface area contributed by atoms with Crippen LogP contribution in [-0.2, 0) is 14.6 Å². The van der Waals surface area contributed by atoms with E-state index in [0.717, 1.165) is 42.9 Å². The van der Waals surface area contributed by atoms with Crippen molar-refractivity contribution in [3.8, 4) is 0 Å². The second kappa shape index (κ2) is 11.2. The van der Waals surface area contributed by atoms with Crippen LogP contribution in [0.4, 0.5) is 0 Å². The van der Waals surface area contributed by atoms with E-state index in [9.17, 15) is 4.79 Å². The van der Waals surface area contributed by atoms with Crippen LogP contribution in [0.5, 0.6) is 0 Å². The summed E-state index contributed by atoms with van der Waals surface area (Å²) in [5.74, 6) is 2.86. The van der Waals surface area contributed by atoms with Crippen LogP contribution in [-0.4, -0.2) is 12.1 Å². The minimum Gasteiger partial charge on any atom is -0.298 e. The van der Waals surface area contributed by atoms with E-state index < -0.39 is 5.97 Å². The molecule has 32 heavy (non-hydrogen) atoms. The smallest absolute Gasteiger partial charge is 0.298 e. The van der Waals surface area contributed by atoms with Gasteiger partial charge in [0.25, 0.3) is 0 Å². The molecule has 3 nitrogen and oxygen atoms in total. The highest BCUT2D eigenvalue weighted by molar-refractivity contribution is 5.65. The molecule has 5 atom stereocenters. The molecule has 0 aromatic heterocycles. The highest BCUT2D eigenvalue weighted by atomic mass is 17.2. The quantitative estimate of drug-likeness (QED) is 0.281. The molecule has 3 fully saturated rings. The molecule has 3 saturated carbocycles. The lowest BCUT2D eigenvalue weighted by atomic mass is 9.60. The van der Waals surface area contributed by atoms with Crippen molar-refractivity contribution in [3.05, 3.63) is 35.5 Å². The number of hydrogen-bond acceptors (Lipinski definition) is 3. The first-order valence-electron chi connectivity index (χ1n) is 13.1. The number of rotatable bonds is 8. The van der Waals surface area contributed by atoms with Gasteiger partial charge >= 0.3 is 5.97 Å². The van der Waals surface area contributed by atoms with E-state index in [-0.39, 0.29) is 6.10 Å². The first-order valence-corrected chi connectivity index (χ1v) is 13.1. The maximum absolute atomic E-state index is 11.1. The summed E-state index contributed by atoms with van der Waals surface area (Å²) in [5.41, 5.74) is 4.57. The van der Waals surface area contributed by atoms with Crippen LogP contribution >= 0.6 is 0 Å². The Bertz CT molecular complexity index is 731. The summed E-state index contributed by atoms with van der Waals surface area (Å²) < 4.78 is 0. The number of fused-ring (bicyclic) bond motifs is 1. The molecule has 0 aromatic rings. The first kappa shape index (κ1) is 25.3. The first-order chi connectivity index (χ1) is 15.2. The van der Waals surface area contributed by atoms with E-state index in [1.807, 2.05) is 0 Å². The van der Waals surface area contributed by atoms with Crippen LogP contribution in [0.3, 0.4) is 0 Å². The summed E-state index contributed by atoms with van der Waals surface area (Å²) in [6, 6.07) is 0. The Morgan fingerprint density at radius 1 is 1.16 bits per heavy atom. The molecular formula is C29H46O3. The van der Waals surface area contributed by atoms with Gasteiger partial charge < -0.3 is 0 Å². The highest BCUT2D eigenvalue weighted by Gasteiger charge is 2.50. The summed E-state index contributed by atoms with van der Waals surface area (Å²) in [4.78, 5) is 21.2. The van der Waals surface area contributed by atoms with E-state index in [1.54, 1.807) is 5.57 Å². The van der Waals surface area contributed by atoms with Gasteiger partial charge in [0.05, 0.1) is 0 Å². The Hall–Kier alpha value is -1.35. The molecule has 0 N–H and O–H groups in total. The van der Waals surface area contributed by atoms with Gasteiger partial charge in [0.1, 0.15) is 6.10 Å². The van der Waals surface area contributed by atoms with Crippen LogP contribution in [0.15, 0.2) is 35.5 Å². The number of allylic oxidation sites excluding steroid dienone is 4. The lowest BCUT2D eigenvalue weighted by Crippen LogP contribution is -2.36. The molecular weight excluding hydrogens is 396 g/mol. The van der Waals surface area contributed by atoms with Crippen molar-refractivity contribution in [2.75, 3.05) is 0 Å². The van der Waals surface area contributed by atoms with Gasteiger partial charge in [-0.25, -0.2) is 4.79 Å². The molecule has 3 heteroatoms. The van der Waals surface area contributed by atoms with Gasteiger partial charge in [-0.15, -0.1) is 0 Å². The molecule has 0 amide bonds. The van der Waals surface area contributed by atoms with Crippen LogP contribution in [0.2, 0.25) is 0 Å². The Labute approximate surface area is 196 Å². The van der Waals surface area contributed by atoms with Crippen molar-refractivity contribution in [1.29, 1.82) is 0 Å². The average Bonchev–Trinajstić information content (AvgIpc) is 3.09. The van der Waals surface area contributed by atoms with Gasteiger partial charge in [0.15, 0.2) is 0 Å². The summed E-state index contributed by atoms with van der Waals surface area (Å²) in [6.07, 6.45) is 18.0. The molecule has 0 heterocycles. The van der Waals surface area contributed by atoms with Crippen molar-refractivity contribution in [2.24, 2.45) is 29.1 Å². The van der Waals surface area contributed by atoms with Gasteiger partial charge in [-0.2, -0.15) is 4.89 Å². The fraction of sp³-hybridized carbons (Fsp3) is 0.759. The van der Waals surface area contributed by atoms with Gasteiger partial charge in [0.2, 0.25) is 0 Å². The van der Waals surface area contributed by atoms with Crippen molar-refractivity contribution in [2.45, 2.75) is 111 Å². The molecule has 3 aliphatic carbocycles. The maximum atomic E-state index is 11.1. The predicted molar refractivity (Wildman–Crippen MR) is 132 cm³/mol. The normalized spacial score (nSPS) is 34.2. The zero-order valence-electron chi connectivity index (χ0n) is 21.3. The summed E-state index contributed by atoms with van der Waals surface area (Å²) in [6.45, 7) is 15.5. The molecule has 180 valence electrons. The predicted octanol–water partition coefficient (Wildman–Crippen LogP) is 8.12. The lowest BCUT2D eigenvalue weighted by Gasteiger charge is -2.44. The number of carbonyl (C=O) groups excluding carboxylic acids is 1. The van der Waals surface area contributed by atoms with Gasteiger partial charge in [-0.3, -0.25) is 4.89 Å². The van der Waals surface area contributed by atoms with Gasteiger partial charge in [-0.05, 0) is 79.6 Å². The largest absolute Gasteiger partial charge is 0.339 e. The summed E-state index contributed by atoms with van der Waals surface area (Å²) in [5, 5.41) is 0. The molecule has 0 saturated heterocycles. The van der Waals surface area contributed by atoms with Gasteiger partial charge in [-0.1, -0.05) is 76.8 Å². The van der Waals surface area contributed by atoms with Crippen molar-refractivity contribution >= 4 is 5.97 Å². The SMILES string of the molecule is C=C1CC[C@H](OOC(C)=O)C/C1=C\C=C1/CCC[C@]2(C)[C@@H]([C@H](C)CCCC(C)C)CC[C@@H]12. The zero-order chi connectivity index (χ0) is 23.3. The van der Waals surface area contributed by atoms with E-state index >= 15 is 0 Å². The van der Waals surface area contributed by atoms with Crippen molar-refractivity contribution in [3.63, 3.8) is 0 Å². The van der Waals surface area contributed by atoms with Crippen LogP contribution in [0.1, 0.15) is 105 Å². The molecule has 0 aromatic carbocycles. The number of hydrogen-bond donors (Lipinski definition) is 0. The maximum Gasteiger partial charge on any atom is 0.339 e.